The first kappa shape index (κ1) is 12.7. The maximum Gasteiger partial charge on any atom is 0.0518 e. The van der Waals surface area contributed by atoms with E-state index in [4.69, 9.17) is 5.73 Å². The number of rotatable bonds is 3. The zero-order chi connectivity index (χ0) is 13.4. The van der Waals surface area contributed by atoms with Crippen molar-refractivity contribution in [2.45, 2.75) is 32.9 Å². The van der Waals surface area contributed by atoms with E-state index in [1.807, 2.05) is 0 Å². The van der Waals surface area contributed by atoms with Crippen LogP contribution in [0.25, 0.3) is 10.9 Å². The molecular weight excluding hydrogens is 234 g/mol. The van der Waals surface area contributed by atoms with Crippen LogP contribution in [0, 0.1) is 0 Å². The molecule has 0 spiro atoms. The number of aromatic nitrogens is 1. The third kappa shape index (κ3) is 1.97. The Kier molecular flexibility index (Phi) is 3.33. The molecule has 0 saturated carbocycles. The normalized spacial score (nSPS) is 15.9. The minimum absolute atomic E-state index is 0.728. The molecule has 1 aliphatic heterocycles. The molecule has 2 N–H and O–H groups in total. The van der Waals surface area contributed by atoms with Crippen LogP contribution in [-0.4, -0.2) is 29.6 Å². The van der Waals surface area contributed by atoms with Crippen LogP contribution in [0.2, 0.25) is 0 Å². The summed E-state index contributed by atoms with van der Waals surface area (Å²) >= 11 is 0. The molecule has 3 rings (SSSR count). The largest absolute Gasteiger partial charge is 0.342 e. The highest BCUT2D eigenvalue weighted by Gasteiger charge is 2.22. The van der Waals surface area contributed by atoms with Gasteiger partial charge in [0.2, 0.25) is 0 Å². The number of fused-ring (bicyclic) bond motifs is 3. The first-order chi connectivity index (χ1) is 9.26. The Morgan fingerprint density at radius 2 is 2.11 bits per heavy atom. The molecule has 1 aliphatic rings. The Labute approximate surface area is 115 Å². The van der Waals surface area contributed by atoms with Crippen molar-refractivity contribution >= 4 is 10.9 Å². The fourth-order valence-corrected chi connectivity index (χ4v) is 3.35. The highest BCUT2D eigenvalue weighted by molar-refractivity contribution is 5.88. The van der Waals surface area contributed by atoms with Gasteiger partial charge in [0.25, 0.3) is 0 Å². The van der Waals surface area contributed by atoms with Gasteiger partial charge >= 0.3 is 0 Å². The van der Waals surface area contributed by atoms with Crippen LogP contribution >= 0.6 is 0 Å². The zero-order valence-corrected chi connectivity index (χ0v) is 11.9. The molecule has 19 heavy (non-hydrogen) atoms. The number of hydrogen-bond acceptors (Lipinski definition) is 2. The number of aryl methyl sites for hydroxylation is 1. The van der Waals surface area contributed by atoms with Crippen molar-refractivity contribution in [3.05, 3.63) is 35.0 Å². The molecule has 2 heterocycles. The van der Waals surface area contributed by atoms with Gasteiger partial charge in [-0.2, -0.15) is 0 Å². The van der Waals surface area contributed by atoms with Gasteiger partial charge in [0.1, 0.15) is 0 Å². The van der Waals surface area contributed by atoms with Gasteiger partial charge in [-0.1, -0.05) is 25.1 Å². The molecule has 1 aromatic carbocycles. The lowest BCUT2D eigenvalue weighted by Gasteiger charge is -2.26. The second-order valence-corrected chi connectivity index (χ2v) is 5.52. The molecular formula is C16H23N3. The van der Waals surface area contributed by atoms with Gasteiger partial charge in [0.15, 0.2) is 0 Å². The number of benzene rings is 1. The van der Waals surface area contributed by atoms with Crippen LogP contribution in [0.1, 0.15) is 23.7 Å². The van der Waals surface area contributed by atoms with Gasteiger partial charge in [-0.15, -0.1) is 0 Å². The predicted molar refractivity (Wildman–Crippen MR) is 80.4 cm³/mol. The molecule has 0 fully saturated rings. The molecule has 0 bridgehead atoms. The number of para-hydroxylation sites is 1. The van der Waals surface area contributed by atoms with E-state index in [0.717, 1.165) is 39.0 Å². The molecule has 3 heteroatoms. The highest BCUT2D eigenvalue weighted by atomic mass is 15.2. The summed E-state index contributed by atoms with van der Waals surface area (Å²) in [6.07, 6.45) is 2.08. The van der Waals surface area contributed by atoms with Crippen molar-refractivity contribution in [3.63, 3.8) is 0 Å². The average Bonchev–Trinajstić information content (AvgIpc) is 2.73. The molecule has 1 aromatic heterocycles. The van der Waals surface area contributed by atoms with Crippen molar-refractivity contribution < 1.29 is 0 Å². The van der Waals surface area contributed by atoms with Crippen LogP contribution in [0.15, 0.2) is 18.2 Å². The third-order valence-electron chi connectivity index (χ3n) is 4.29. The number of likely N-dealkylation sites (N-methyl/N-ethyl adjacent to an activating group) is 1. The lowest BCUT2D eigenvalue weighted by molar-refractivity contribution is 0.271. The maximum atomic E-state index is 5.83. The molecule has 0 amide bonds. The maximum absolute atomic E-state index is 5.83. The Morgan fingerprint density at radius 1 is 1.26 bits per heavy atom. The Balaban J connectivity index is 2.29. The standard InChI is InChI=1S/C16H23N3/c1-3-12-5-4-6-14-13(7-8-17)15-11-18(2)9-10-19(15)16(12)14/h4-6H,3,7-11,17H2,1-2H3. The molecule has 102 valence electrons. The smallest absolute Gasteiger partial charge is 0.0518 e. The summed E-state index contributed by atoms with van der Waals surface area (Å²) in [4.78, 5) is 2.40. The number of hydrogen-bond donors (Lipinski definition) is 1. The van der Waals surface area contributed by atoms with Gasteiger partial charge in [-0.25, -0.2) is 0 Å². The second kappa shape index (κ2) is 4.99. The molecule has 0 atom stereocenters. The minimum Gasteiger partial charge on any atom is -0.342 e. The minimum atomic E-state index is 0.728. The van der Waals surface area contributed by atoms with Gasteiger partial charge in [-0.3, -0.25) is 4.90 Å². The van der Waals surface area contributed by atoms with E-state index in [2.05, 4.69) is 41.6 Å². The zero-order valence-electron chi connectivity index (χ0n) is 11.9. The van der Waals surface area contributed by atoms with E-state index in [9.17, 15) is 0 Å². The van der Waals surface area contributed by atoms with Crippen LogP contribution in [0.4, 0.5) is 0 Å². The van der Waals surface area contributed by atoms with E-state index in [-0.39, 0.29) is 0 Å². The van der Waals surface area contributed by atoms with Crippen molar-refractivity contribution in [1.82, 2.24) is 9.47 Å². The van der Waals surface area contributed by atoms with Crippen molar-refractivity contribution in [1.29, 1.82) is 0 Å². The third-order valence-corrected chi connectivity index (χ3v) is 4.29. The quantitative estimate of drug-likeness (QED) is 0.914. The van der Waals surface area contributed by atoms with Gasteiger partial charge < -0.3 is 10.3 Å². The number of nitrogens with two attached hydrogens (primary N) is 1. The fraction of sp³-hybridized carbons (Fsp3) is 0.500. The lowest BCUT2D eigenvalue weighted by atomic mass is 10.0. The molecule has 0 unspecified atom stereocenters. The van der Waals surface area contributed by atoms with Crippen LogP contribution < -0.4 is 5.73 Å². The first-order valence-electron chi connectivity index (χ1n) is 7.26. The Bertz CT molecular complexity index is 598. The Hall–Kier alpha value is -1.32. The summed E-state index contributed by atoms with van der Waals surface area (Å²) in [5, 5.41) is 1.43. The molecule has 0 radical (unpaired) electrons. The summed E-state index contributed by atoms with van der Waals surface area (Å²) in [6.45, 7) is 6.26. The van der Waals surface area contributed by atoms with Crippen LogP contribution in [0.3, 0.4) is 0 Å². The van der Waals surface area contributed by atoms with Crippen LogP contribution in [-0.2, 0) is 25.9 Å². The average molecular weight is 257 g/mol. The van der Waals surface area contributed by atoms with E-state index >= 15 is 0 Å². The molecule has 0 saturated heterocycles. The van der Waals surface area contributed by atoms with Crippen molar-refractivity contribution in [2.75, 3.05) is 20.1 Å². The van der Waals surface area contributed by atoms with E-state index in [0.29, 0.717) is 0 Å². The lowest BCUT2D eigenvalue weighted by Crippen LogP contribution is -2.30. The topological polar surface area (TPSA) is 34.2 Å². The van der Waals surface area contributed by atoms with E-state index < -0.39 is 0 Å². The SMILES string of the molecule is CCc1cccc2c(CCN)c3n(c12)CCN(C)C3. The van der Waals surface area contributed by atoms with Crippen molar-refractivity contribution in [3.8, 4) is 0 Å². The van der Waals surface area contributed by atoms with Gasteiger partial charge in [-0.05, 0) is 37.6 Å². The van der Waals surface area contributed by atoms with E-state index in [1.165, 1.54) is 27.7 Å². The molecule has 2 aromatic rings. The summed E-state index contributed by atoms with van der Waals surface area (Å²) in [5.74, 6) is 0. The molecule has 0 aliphatic carbocycles. The monoisotopic (exact) mass is 257 g/mol. The summed E-state index contributed by atoms with van der Waals surface area (Å²) in [7, 11) is 2.20. The van der Waals surface area contributed by atoms with Gasteiger partial charge in [0, 0.05) is 30.7 Å². The highest BCUT2D eigenvalue weighted by Crippen LogP contribution is 2.32. The molecule has 3 nitrogen and oxygen atoms in total. The van der Waals surface area contributed by atoms with Crippen molar-refractivity contribution in [2.24, 2.45) is 5.73 Å². The Morgan fingerprint density at radius 3 is 2.84 bits per heavy atom. The summed E-state index contributed by atoms with van der Waals surface area (Å²) < 4.78 is 2.54. The second-order valence-electron chi connectivity index (χ2n) is 5.52. The first-order valence-corrected chi connectivity index (χ1v) is 7.26. The van der Waals surface area contributed by atoms with Crippen LogP contribution in [0.5, 0.6) is 0 Å². The summed E-state index contributed by atoms with van der Waals surface area (Å²) in [6, 6.07) is 6.72. The van der Waals surface area contributed by atoms with Gasteiger partial charge in [0.05, 0.1) is 5.52 Å². The summed E-state index contributed by atoms with van der Waals surface area (Å²) in [5.41, 5.74) is 11.7. The fourth-order valence-electron chi connectivity index (χ4n) is 3.35. The van der Waals surface area contributed by atoms with E-state index in [1.54, 1.807) is 0 Å². The number of nitrogens with zero attached hydrogens (tertiary/aromatic N) is 2. The predicted octanol–water partition coefficient (Wildman–Crippen LogP) is 2.15.